The first-order chi connectivity index (χ1) is 7.63. The SMILES string of the molecule is CCOC1CC(N)C1NC(=O)C(C)C1CC1. The quantitative estimate of drug-likeness (QED) is 0.723. The Labute approximate surface area is 96.9 Å². The molecule has 0 saturated heterocycles. The highest BCUT2D eigenvalue weighted by atomic mass is 16.5. The van der Waals surface area contributed by atoms with E-state index in [1.54, 1.807) is 0 Å². The summed E-state index contributed by atoms with van der Waals surface area (Å²) in [6, 6.07) is 0.0838. The smallest absolute Gasteiger partial charge is 0.223 e. The van der Waals surface area contributed by atoms with Crippen molar-refractivity contribution < 1.29 is 9.53 Å². The molecule has 0 radical (unpaired) electrons. The predicted molar refractivity (Wildman–Crippen MR) is 61.8 cm³/mol. The van der Waals surface area contributed by atoms with Crippen molar-refractivity contribution in [1.82, 2.24) is 5.32 Å². The first-order valence-corrected chi connectivity index (χ1v) is 6.31. The molecule has 4 nitrogen and oxygen atoms in total. The lowest BCUT2D eigenvalue weighted by Gasteiger charge is -2.42. The van der Waals surface area contributed by atoms with Crippen LogP contribution in [0, 0.1) is 11.8 Å². The van der Waals surface area contributed by atoms with Gasteiger partial charge in [-0.25, -0.2) is 0 Å². The van der Waals surface area contributed by atoms with E-state index in [-0.39, 0.29) is 30.0 Å². The number of amides is 1. The Kier molecular flexibility index (Phi) is 3.50. The highest BCUT2D eigenvalue weighted by Gasteiger charge is 2.42. The summed E-state index contributed by atoms with van der Waals surface area (Å²) in [5.74, 6) is 0.879. The van der Waals surface area contributed by atoms with Crippen LogP contribution in [0.25, 0.3) is 0 Å². The molecule has 2 aliphatic rings. The van der Waals surface area contributed by atoms with Crippen LogP contribution < -0.4 is 11.1 Å². The molecule has 4 atom stereocenters. The van der Waals surface area contributed by atoms with E-state index < -0.39 is 0 Å². The van der Waals surface area contributed by atoms with Gasteiger partial charge in [-0.2, -0.15) is 0 Å². The molecule has 92 valence electrons. The molecular weight excluding hydrogens is 204 g/mol. The van der Waals surface area contributed by atoms with Crippen LogP contribution in [0.1, 0.15) is 33.1 Å². The maximum Gasteiger partial charge on any atom is 0.223 e. The number of hydrogen-bond acceptors (Lipinski definition) is 3. The number of rotatable bonds is 5. The van der Waals surface area contributed by atoms with Gasteiger partial charge in [-0.1, -0.05) is 6.92 Å². The van der Waals surface area contributed by atoms with Crippen LogP contribution in [0.4, 0.5) is 0 Å². The third-order valence-corrected chi connectivity index (χ3v) is 3.80. The van der Waals surface area contributed by atoms with Crippen LogP contribution in [0.15, 0.2) is 0 Å². The lowest BCUT2D eigenvalue weighted by Crippen LogP contribution is -2.65. The summed E-state index contributed by atoms with van der Waals surface area (Å²) < 4.78 is 5.52. The van der Waals surface area contributed by atoms with E-state index in [2.05, 4.69) is 5.32 Å². The summed E-state index contributed by atoms with van der Waals surface area (Å²) in [4.78, 5) is 11.9. The molecule has 0 aromatic rings. The molecule has 0 heterocycles. The van der Waals surface area contributed by atoms with Crippen molar-refractivity contribution in [2.75, 3.05) is 6.61 Å². The highest BCUT2D eigenvalue weighted by molar-refractivity contribution is 5.79. The second-order valence-electron chi connectivity index (χ2n) is 5.05. The van der Waals surface area contributed by atoms with Gasteiger partial charge in [0.2, 0.25) is 5.91 Å². The summed E-state index contributed by atoms with van der Waals surface area (Å²) in [7, 11) is 0. The molecule has 0 aromatic carbocycles. The van der Waals surface area contributed by atoms with Crippen LogP contribution in [-0.2, 0) is 9.53 Å². The lowest BCUT2D eigenvalue weighted by molar-refractivity contribution is -0.129. The van der Waals surface area contributed by atoms with Crippen molar-refractivity contribution in [1.29, 1.82) is 0 Å². The second-order valence-corrected chi connectivity index (χ2v) is 5.05. The Bertz CT molecular complexity index is 264. The van der Waals surface area contributed by atoms with Gasteiger partial charge in [-0.15, -0.1) is 0 Å². The Balaban J connectivity index is 1.80. The highest BCUT2D eigenvalue weighted by Crippen LogP contribution is 2.37. The summed E-state index contributed by atoms with van der Waals surface area (Å²) in [6.07, 6.45) is 3.37. The second kappa shape index (κ2) is 4.72. The van der Waals surface area contributed by atoms with Crippen LogP contribution in [0.5, 0.6) is 0 Å². The van der Waals surface area contributed by atoms with Gasteiger partial charge in [-0.05, 0) is 32.1 Å². The Hall–Kier alpha value is -0.610. The summed E-state index contributed by atoms with van der Waals surface area (Å²) >= 11 is 0. The fourth-order valence-electron chi connectivity index (χ4n) is 2.33. The lowest BCUT2D eigenvalue weighted by atomic mass is 9.83. The molecule has 2 saturated carbocycles. The summed E-state index contributed by atoms with van der Waals surface area (Å²) in [5.41, 5.74) is 5.89. The summed E-state index contributed by atoms with van der Waals surface area (Å²) in [5, 5.41) is 3.03. The molecule has 0 aliphatic heterocycles. The molecule has 0 aromatic heterocycles. The Morgan fingerprint density at radius 2 is 2.25 bits per heavy atom. The average molecular weight is 226 g/mol. The predicted octanol–water partition coefficient (Wildman–Crippen LogP) is 0.653. The molecule has 4 unspecified atom stereocenters. The standard InChI is InChI=1S/C12H22N2O2/c1-3-16-10-6-9(13)11(10)14-12(15)7(2)8-4-5-8/h7-11H,3-6,13H2,1-2H3,(H,14,15). The van der Waals surface area contributed by atoms with Crippen molar-refractivity contribution in [3.05, 3.63) is 0 Å². The van der Waals surface area contributed by atoms with E-state index >= 15 is 0 Å². The van der Waals surface area contributed by atoms with Crippen molar-refractivity contribution in [2.24, 2.45) is 17.6 Å². The number of carbonyl (C=O) groups is 1. The van der Waals surface area contributed by atoms with E-state index in [4.69, 9.17) is 10.5 Å². The van der Waals surface area contributed by atoms with Crippen molar-refractivity contribution >= 4 is 5.91 Å². The van der Waals surface area contributed by atoms with E-state index in [1.165, 1.54) is 12.8 Å². The number of nitrogens with one attached hydrogen (secondary N) is 1. The summed E-state index contributed by atoms with van der Waals surface area (Å²) in [6.45, 7) is 4.66. The number of hydrogen-bond donors (Lipinski definition) is 2. The van der Waals surface area contributed by atoms with E-state index in [0.717, 1.165) is 6.42 Å². The van der Waals surface area contributed by atoms with E-state index in [0.29, 0.717) is 12.5 Å². The van der Waals surface area contributed by atoms with Crippen LogP contribution in [-0.4, -0.2) is 30.7 Å². The van der Waals surface area contributed by atoms with Gasteiger partial charge in [0.05, 0.1) is 12.1 Å². The maximum absolute atomic E-state index is 11.9. The molecule has 0 spiro atoms. The number of ether oxygens (including phenoxy) is 1. The van der Waals surface area contributed by atoms with Gasteiger partial charge in [0.15, 0.2) is 0 Å². The Morgan fingerprint density at radius 1 is 1.56 bits per heavy atom. The first kappa shape index (κ1) is 11.9. The minimum absolute atomic E-state index is 0.0219. The first-order valence-electron chi connectivity index (χ1n) is 6.31. The number of carbonyl (C=O) groups excluding carboxylic acids is 1. The number of nitrogens with two attached hydrogens (primary N) is 1. The zero-order valence-electron chi connectivity index (χ0n) is 10.1. The van der Waals surface area contributed by atoms with Gasteiger partial charge in [0, 0.05) is 18.6 Å². The topological polar surface area (TPSA) is 64.3 Å². The molecule has 4 heteroatoms. The third kappa shape index (κ3) is 2.38. The molecule has 0 bridgehead atoms. The fourth-order valence-corrected chi connectivity index (χ4v) is 2.33. The van der Waals surface area contributed by atoms with Gasteiger partial charge < -0.3 is 15.8 Å². The molecule has 2 rings (SSSR count). The molecule has 2 aliphatic carbocycles. The van der Waals surface area contributed by atoms with Gasteiger partial charge >= 0.3 is 0 Å². The molecular formula is C12H22N2O2. The minimum atomic E-state index is 0.0219. The van der Waals surface area contributed by atoms with E-state index in [9.17, 15) is 4.79 Å². The van der Waals surface area contributed by atoms with Crippen LogP contribution in [0.2, 0.25) is 0 Å². The largest absolute Gasteiger partial charge is 0.376 e. The van der Waals surface area contributed by atoms with Gasteiger partial charge in [0.1, 0.15) is 0 Å². The normalized spacial score (nSPS) is 35.3. The molecule has 16 heavy (non-hydrogen) atoms. The van der Waals surface area contributed by atoms with Crippen molar-refractivity contribution in [3.8, 4) is 0 Å². The maximum atomic E-state index is 11.9. The van der Waals surface area contributed by atoms with E-state index in [1.807, 2.05) is 13.8 Å². The molecule has 3 N–H and O–H groups in total. The van der Waals surface area contributed by atoms with Gasteiger partial charge in [0.25, 0.3) is 0 Å². The Morgan fingerprint density at radius 3 is 2.75 bits per heavy atom. The van der Waals surface area contributed by atoms with Crippen LogP contribution >= 0.6 is 0 Å². The monoisotopic (exact) mass is 226 g/mol. The average Bonchev–Trinajstić information content (AvgIpc) is 3.08. The van der Waals surface area contributed by atoms with Gasteiger partial charge in [-0.3, -0.25) is 4.79 Å². The zero-order valence-corrected chi connectivity index (χ0v) is 10.1. The zero-order chi connectivity index (χ0) is 11.7. The van der Waals surface area contributed by atoms with Crippen molar-refractivity contribution in [2.45, 2.75) is 51.3 Å². The fraction of sp³-hybridized carbons (Fsp3) is 0.917. The molecule has 1 amide bonds. The minimum Gasteiger partial charge on any atom is -0.376 e. The van der Waals surface area contributed by atoms with Crippen LogP contribution in [0.3, 0.4) is 0 Å². The van der Waals surface area contributed by atoms with Crippen molar-refractivity contribution in [3.63, 3.8) is 0 Å². The third-order valence-electron chi connectivity index (χ3n) is 3.80. The molecule has 2 fully saturated rings.